The van der Waals surface area contributed by atoms with E-state index >= 15 is 0 Å². The molecule has 1 heterocycles. The van der Waals surface area contributed by atoms with Gasteiger partial charge in [-0.2, -0.15) is 0 Å². The van der Waals surface area contributed by atoms with Crippen LogP contribution in [-0.4, -0.2) is 27.7 Å². The van der Waals surface area contributed by atoms with E-state index in [2.05, 4.69) is 15.3 Å². The summed E-state index contributed by atoms with van der Waals surface area (Å²) in [7, 11) is 0. The van der Waals surface area contributed by atoms with Crippen LogP contribution in [0.3, 0.4) is 0 Å². The Labute approximate surface area is 94.4 Å². The van der Waals surface area contributed by atoms with E-state index in [0.717, 1.165) is 16.7 Å². The molecule has 2 N–H and O–H groups in total. The number of hydrogen-bond acceptors (Lipinski definition) is 4. The molecule has 1 unspecified atom stereocenters. The van der Waals surface area contributed by atoms with E-state index in [9.17, 15) is 0 Å². The van der Waals surface area contributed by atoms with Gasteiger partial charge in [0, 0.05) is 12.6 Å². The second-order valence-corrected chi connectivity index (χ2v) is 3.81. The lowest BCUT2D eigenvalue weighted by Gasteiger charge is -2.09. The number of fused-ring (bicyclic) bond motifs is 1. The first kappa shape index (κ1) is 11.0. The minimum Gasteiger partial charge on any atom is -0.395 e. The number of aliphatic hydroxyl groups is 1. The molecule has 4 heteroatoms. The molecule has 0 radical (unpaired) electrons. The Bertz CT molecular complexity index is 473. The van der Waals surface area contributed by atoms with Crippen molar-refractivity contribution in [2.24, 2.45) is 0 Å². The van der Waals surface area contributed by atoms with Gasteiger partial charge in [0.15, 0.2) is 0 Å². The average Bonchev–Trinajstić information content (AvgIpc) is 2.35. The largest absolute Gasteiger partial charge is 0.395 e. The lowest BCUT2D eigenvalue weighted by atomic mass is 10.3. The van der Waals surface area contributed by atoms with Crippen molar-refractivity contribution in [1.82, 2.24) is 15.3 Å². The lowest BCUT2D eigenvalue weighted by Crippen LogP contribution is -2.29. The lowest BCUT2D eigenvalue weighted by molar-refractivity contribution is 0.250. The van der Waals surface area contributed by atoms with Crippen LogP contribution < -0.4 is 5.32 Å². The fourth-order valence-electron chi connectivity index (χ4n) is 1.42. The molecule has 0 aliphatic carbocycles. The van der Waals surface area contributed by atoms with Gasteiger partial charge in [-0.3, -0.25) is 4.98 Å². The van der Waals surface area contributed by atoms with Gasteiger partial charge in [-0.1, -0.05) is 12.1 Å². The van der Waals surface area contributed by atoms with Crippen molar-refractivity contribution >= 4 is 11.0 Å². The molecule has 1 aromatic heterocycles. The first-order chi connectivity index (χ1) is 7.79. The number of aliphatic hydroxyl groups excluding tert-OH is 1. The van der Waals surface area contributed by atoms with Crippen LogP contribution in [0, 0.1) is 0 Å². The Morgan fingerprint density at radius 1 is 1.31 bits per heavy atom. The maximum absolute atomic E-state index is 8.89. The molecular formula is C12H15N3O. The molecule has 0 aliphatic rings. The highest BCUT2D eigenvalue weighted by Gasteiger charge is 2.01. The van der Waals surface area contributed by atoms with Crippen molar-refractivity contribution in [2.75, 3.05) is 6.61 Å². The van der Waals surface area contributed by atoms with Gasteiger partial charge in [0.2, 0.25) is 0 Å². The SMILES string of the molecule is CC(CO)NCc1cnc2ccccc2n1. The molecule has 0 amide bonds. The third-order valence-electron chi connectivity index (χ3n) is 2.40. The van der Waals surface area contributed by atoms with Crippen LogP contribution in [0.15, 0.2) is 30.5 Å². The van der Waals surface area contributed by atoms with E-state index in [-0.39, 0.29) is 12.6 Å². The summed E-state index contributed by atoms with van der Waals surface area (Å²) in [5.41, 5.74) is 2.69. The van der Waals surface area contributed by atoms with Crippen molar-refractivity contribution in [3.63, 3.8) is 0 Å². The number of hydrogen-bond donors (Lipinski definition) is 2. The highest BCUT2D eigenvalue weighted by atomic mass is 16.3. The monoisotopic (exact) mass is 217 g/mol. The molecule has 0 spiro atoms. The fourth-order valence-corrected chi connectivity index (χ4v) is 1.42. The van der Waals surface area contributed by atoms with Crippen LogP contribution in [0.4, 0.5) is 0 Å². The maximum Gasteiger partial charge on any atom is 0.0890 e. The van der Waals surface area contributed by atoms with Crippen LogP contribution in [0.25, 0.3) is 11.0 Å². The van der Waals surface area contributed by atoms with Crippen LogP contribution in [0.5, 0.6) is 0 Å². The molecule has 0 bridgehead atoms. The third-order valence-corrected chi connectivity index (χ3v) is 2.40. The summed E-state index contributed by atoms with van der Waals surface area (Å²) < 4.78 is 0. The van der Waals surface area contributed by atoms with Crippen molar-refractivity contribution in [1.29, 1.82) is 0 Å². The molecule has 2 rings (SSSR count). The quantitative estimate of drug-likeness (QED) is 0.805. The van der Waals surface area contributed by atoms with Gasteiger partial charge in [-0.25, -0.2) is 4.98 Å². The smallest absolute Gasteiger partial charge is 0.0890 e. The van der Waals surface area contributed by atoms with E-state index in [4.69, 9.17) is 5.11 Å². The van der Waals surface area contributed by atoms with Crippen LogP contribution in [-0.2, 0) is 6.54 Å². The fraction of sp³-hybridized carbons (Fsp3) is 0.333. The van der Waals surface area contributed by atoms with Gasteiger partial charge >= 0.3 is 0 Å². The topological polar surface area (TPSA) is 58.0 Å². The summed E-state index contributed by atoms with van der Waals surface area (Å²) in [6.45, 7) is 2.68. The van der Waals surface area contributed by atoms with Gasteiger partial charge in [0.05, 0.1) is 29.5 Å². The molecule has 4 nitrogen and oxygen atoms in total. The van der Waals surface area contributed by atoms with E-state index < -0.39 is 0 Å². The van der Waals surface area contributed by atoms with E-state index in [1.807, 2.05) is 31.2 Å². The minimum absolute atomic E-state index is 0.0771. The summed E-state index contributed by atoms with van der Waals surface area (Å²) in [4.78, 5) is 8.79. The molecule has 0 fully saturated rings. The number of aromatic nitrogens is 2. The zero-order valence-electron chi connectivity index (χ0n) is 9.22. The highest BCUT2D eigenvalue weighted by Crippen LogP contribution is 2.08. The second-order valence-electron chi connectivity index (χ2n) is 3.81. The zero-order chi connectivity index (χ0) is 11.4. The Morgan fingerprint density at radius 3 is 2.81 bits per heavy atom. The van der Waals surface area contributed by atoms with Crippen LogP contribution in [0.2, 0.25) is 0 Å². The van der Waals surface area contributed by atoms with Gasteiger partial charge in [-0.15, -0.1) is 0 Å². The Balaban J connectivity index is 2.13. The van der Waals surface area contributed by atoms with Crippen molar-refractivity contribution < 1.29 is 5.11 Å². The predicted molar refractivity (Wildman–Crippen MR) is 62.9 cm³/mol. The molecule has 1 aromatic carbocycles. The number of benzene rings is 1. The zero-order valence-corrected chi connectivity index (χ0v) is 9.22. The first-order valence-electron chi connectivity index (χ1n) is 5.34. The molecule has 0 aliphatic heterocycles. The molecule has 2 aromatic rings. The highest BCUT2D eigenvalue weighted by molar-refractivity contribution is 5.73. The molecular weight excluding hydrogens is 202 g/mol. The number of rotatable bonds is 4. The third kappa shape index (κ3) is 2.53. The van der Waals surface area contributed by atoms with E-state index in [1.165, 1.54) is 0 Å². The van der Waals surface area contributed by atoms with Gasteiger partial charge in [0.1, 0.15) is 0 Å². The molecule has 0 saturated heterocycles. The summed E-state index contributed by atoms with van der Waals surface area (Å²) in [6.07, 6.45) is 1.76. The average molecular weight is 217 g/mol. The van der Waals surface area contributed by atoms with Gasteiger partial charge < -0.3 is 10.4 Å². The number of nitrogens with zero attached hydrogens (tertiary/aromatic N) is 2. The minimum atomic E-state index is 0.0771. The first-order valence-corrected chi connectivity index (χ1v) is 5.34. The van der Waals surface area contributed by atoms with Crippen molar-refractivity contribution in [3.05, 3.63) is 36.2 Å². The Morgan fingerprint density at radius 2 is 2.06 bits per heavy atom. The second kappa shape index (κ2) is 5.01. The van der Waals surface area contributed by atoms with Crippen LogP contribution in [0.1, 0.15) is 12.6 Å². The van der Waals surface area contributed by atoms with Crippen molar-refractivity contribution in [3.8, 4) is 0 Å². The molecule has 0 saturated carbocycles. The number of para-hydroxylation sites is 2. The van der Waals surface area contributed by atoms with Gasteiger partial charge in [-0.05, 0) is 19.1 Å². The maximum atomic E-state index is 8.89. The van der Waals surface area contributed by atoms with Crippen LogP contribution >= 0.6 is 0 Å². The number of nitrogens with one attached hydrogen (secondary N) is 1. The summed E-state index contributed by atoms with van der Waals surface area (Å²) in [5.74, 6) is 0. The Kier molecular flexibility index (Phi) is 3.44. The van der Waals surface area contributed by atoms with Crippen molar-refractivity contribution in [2.45, 2.75) is 19.5 Å². The predicted octanol–water partition coefficient (Wildman–Crippen LogP) is 1.10. The summed E-state index contributed by atoms with van der Waals surface area (Å²) in [6, 6.07) is 7.86. The van der Waals surface area contributed by atoms with E-state index in [0.29, 0.717) is 6.54 Å². The Hall–Kier alpha value is -1.52. The standard InChI is InChI=1S/C12H15N3O/c1-9(8-16)13-6-10-7-14-11-4-2-3-5-12(11)15-10/h2-5,7,9,13,16H,6,8H2,1H3. The molecule has 1 atom stereocenters. The molecule has 84 valence electrons. The summed E-state index contributed by atoms with van der Waals surface area (Å²) >= 11 is 0. The molecule has 16 heavy (non-hydrogen) atoms. The van der Waals surface area contributed by atoms with Gasteiger partial charge in [0.25, 0.3) is 0 Å². The summed E-state index contributed by atoms with van der Waals surface area (Å²) in [5, 5.41) is 12.0. The van der Waals surface area contributed by atoms with E-state index in [1.54, 1.807) is 6.20 Å². The normalized spacial score (nSPS) is 12.9.